The fraction of sp³-hybridized carbons (Fsp3) is 0.273. The summed E-state index contributed by atoms with van der Waals surface area (Å²) in [5.41, 5.74) is 8.75. The number of hydrogen-bond acceptors (Lipinski definition) is 3. The molecule has 2 rings (SSSR count). The van der Waals surface area contributed by atoms with E-state index < -0.39 is 0 Å². The van der Waals surface area contributed by atoms with E-state index in [2.05, 4.69) is 16.1 Å². The zero-order valence-corrected chi connectivity index (χ0v) is 8.72. The first-order chi connectivity index (χ1) is 7.31. The molecule has 0 fully saturated rings. The number of pyridine rings is 1. The van der Waals surface area contributed by atoms with E-state index in [9.17, 15) is 0 Å². The monoisotopic (exact) mass is 202 g/mol. The van der Waals surface area contributed by atoms with Crippen molar-refractivity contribution >= 4 is 0 Å². The number of rotatable bonds is 3. The molecule has 0 aliphatic carbocycles. The Morgan fingerprint density at radius 2 is 2.07 bits per heavy atom. The van der Waals surface area contributed by atoms with Gasteiger partial charge in [-0.1, -0.05) is 0 Å². The Kier molecular flexibility index (Phi) is 2.78. The van der Waals surface area contributed by atoms with Crippen LogP contribution >= 0.6 is 0 Å². The zero-order chi connectivity index (χ0) is 10.7. The predicted molar refractivity (Wildman–Crippen MR) is 59.2 cm³/mol. The summed E-state index contributed by atoms with van der Waals surface area (Å²) in [6.45, 7) is 0.648. The topological polar surface area (TPSA) is 56.7 Å². The van der Waals surface area contributed by atoms with E-state index in [1.807, 2.05) is 23.9 Å². The van der Waals surface area contributed by atoms with Gasteiger partial charge in [0.25, 0.3) is 0 Å². The second-order valence-electron chi connectivity index (χ2n) is 3.42. The number of aromatic nitrogens is 3. The molecule has 2 heterocycles. The minimum absolute atomic E-state index is 0.648. The normalized spacial score (nSPS) is 10.5. The van der Waals surface area contributed by atoms with Crippen LogP contribution in [0, 0.1) is 0 Å². The standard InChI is InChI=1S/C11H14N4/c1-15-10(2-5-12)8-11(14-15)9-3-6-13-7-4-9/h3-4,6-8H,2,5,12H2,1H3. The molecule has 0 radical (unpaired) electrons. The van der Waals surface area contributed by atoms with Crippen molar-refractivity contribution in [3.8, 4) is 11.3 Å². The minimum Gasteiger partial charge on any atom is -0.330 e. The zero-order valence-electron chi connectivity index (χ0n) is 8.72. The van der Waals surface area contributed by atoms with Crippen molar-refractivity contribution in [2.75, 3.05) is 6.54 Å². The van der Waals surface area contributed by atoms with Gasteiger partial charge >= 0.3 is 0 Å². The van der Waals surface area contributed by atoms with E-state index >= 15 is 0 Å². The molecule has 15 heavy (non-hydrogen) atoms. The number of nitrogens with zero attached hydrogens (tertiary/aromatic N) is 3. The average molecular weight is 202 g/mol. The third-order valence-electron chi connectivity index (χ3n) is 2.35. The molecule has 0 aromatic carbocycles. The maximum atomic E-state index is 5.53. The molecule has 0 aliphatic rings. The predicted octanol–water partition coefficient (Wildman–Crippen LogP) is 0.983. The molecular weight excluding hydrogens is 188 g/mol. The Morgan fingerprint density at radius 3 is 2.73 bits per heavy atom. The van der Waals surface area contributed by atoms with Crippen LogP contribution in [0.25, 0.3) is 11.3 Å². The molecular formula is C11H14N4. The number of nitrogens with two attached hydrogens (primary N) is 1. The summed E-state index contributed by atoms with van der Waals surface area (Å²) in [6.07, 6.45) is 4.40. The maximum Gasteiger partial charge on any atom is 0.0927 e. The minimum atomic E-state index is 0.648. The van der Waals surface area contributed by atoms with Crippen molar-refractivity contribution in [1.29, 1.82) is 0 Å². The lowest BCUT2D eigenvalue weighted by molar-refractivity contribution is 0.708. The van der Waals surface area contributed by atoms with Gasteiger partial charge in [0.05, 0.1) is 5.69 Å². The molecule has 4 heteroatoms. The molecule has 2 aromatic rings. The highest BCUT2D eigenvalue weighted by Gasteiger charge is 2.05. The maximum absolute atomic E-state index is 5.53. The highest BCUT2D eigenvalue weighted by atomic mass is 15.3. The molecule has 0 amide bonds. The Labute approximate surface area is 88.8 Å². The van der Waals surface area contributed by atoms with Crippen molar-refractivity contribution in [2.45, 2.75) is 6.42 Å². The van der Waals surface area contributed by atoms with Gasteiger partial charge in [-0.05, 0) is 24.7 Å². The lowest BCUT2D eigenvalue weighted by Gasteiger charge is -1.96. The van der Waals surface area contributed by atoms with Crippen molar-refractivity contribution in [2.24, 2.45) is 12.8 Å². The van der Waals surface area contributed by atoms with E-state index in [1.54, 1.807) is 12.4 Å². The molecule has 78 valence electrons. The molecule has 0 atom stereocenters. The number of aryl methyl sites for hydroxylation is 1. The van der Waals surface area contributed by atoms with Crippen molar-refractivity contribution in [1.82, 2.24) is 14.8 Å². The third kappa shape index (κ3) is 2.05. The van der Waals surface area contributed by atoms with Crippen LogP contribution in [0.4, 0.5) is 0 Å². The Hall–Kier alpha value is -1.68. The molecule has 0 saturated heterocycles. The summed E-state index contributed by atoms with van der Waals surface area (Å²) < 4.78 is 1.88. The van der Waals surface area contributed by atoms with Crippen LogP contribution in [0.1, 0.15) is 5.69 Å². The molecule has 0 aliphatic heterocycles. The van der Waals surface area contributed by atoms with Crippen LogP contribution in [0.2, 0.25) is 0 Å². The largest absolute Gasteiger partial charge is 0.330 e. The van der Waals surface area contributed by atoms with Crippen molar-refractivity contribution in [3.63, 3.8) is 0 Å². The quantitative estimate of drug-likeness (QED) is 0.807. The van der Waals surface area contributed by atoms with Crippen molar-refractivity contribution < 1.29 is 0 Å². The smallest absolute Gasteiger partial charge is 0.0927 e. The average Bonchev–Trinajstić information content (AvgIpc) is 2.63. The molecule has 0 unspecified atom stereocenters. The van der Waals surface area contributed by atoms with Gasteiger partial charge in [0.15, 0.2) is 0 Å². The lowest BCUT2D eigenvalue weighted by Crippen LogP contribution is -2.06. The Balaban J connectivity index is 2.34. The van der Waals surface area contributed by atoms with Gasteiger partial charge in [-0.15, -0.1) is 0 Å². The van der Waals surface area contributed by atoms with E-state index in [0.717, 1.165) is 23.4 Å². The lowest BCUT2D eigenvalue weighted by atomic mass is 10.2. The Morgan fingerprint density at radius 1 is 1.33 bits per heavy atom. The molecule has 0 bridgehead atoms. The van der Waals surface area contributed by atoms with E-state index in [4.69, 9.17) is 5.73 Å². The fourth-order valence-corrected chi connectivity index (χ4v) is 1.55. The molecule has 0 saturated carbocycles. The van der Waals surface area contributed by atoms with Gasteiger partial charge in [0.1, 0.15) is 0 Å². The van der Waals surface area contributed by atoms with Crippen LogP contribution < -0.4 is 5.73 Å². The SMILES string of the molecule is Cn1nc(-c2ccncc2)cc1CCN. The summed E-state index contributed by atoms with van der Waals surface area (Å²) in [7, 11) is 1.94. The van der Waals surface area contributed by atoms with Gasteiger partial charge in [-0.3, -0.25) is 9.67 Å². The van der Waals surface area contributed by atoms with Crippen LogP contribution in [0.3, 0.4) is 0 Å². The third-order valence-corrected chi connectivity index (χ3v) is 2.35. The summed E-state index contributed by atoms with van der Waals surface area (Å²) in [5.74, 6) is 0. The van der Waals surface area contributed by atoms with Gasteiger partial charge in [-0.25, -0.2) is 0 Å². The molecule has 2 aromatic heterocycles. The highest BCUT2D eigenvalue weighted by Crippen LogP contribution is 2.17. The van der Waals surface area contributed by atoms with Gasteiger partial charge in [-0.2, -0.15) is 5.10 Å². The van der Waals surface area contributed by atoms with E-state index in [-0.39, 0.29) is 0 Å². The summed E-state index contributed by atoms with van der Waals surface area (Å²) in [6, 6.07) is 5.98. The van der Waals surface area contributed by atoms with Gasteiger partial charge in [0, 0.05) is 37.1 Å². The highest BCUT2D eigenvalue weighted by molar-refractivity contribution is 5.58. The first kappa shape index (κ1) is 9.86. The van der Waals surface area contributed by atoms with E-state index in [0.29, 0.717) is 6.54 Å². The van der Waals surface area contributed by atoms with Crippen LogP contribution in [0.15, 0.2) is 30.6 Å². The van der Waals surface area contributed by atoms with Gasteiger partial charge < -0.3 is 5.73 Å². The molecule has 2 N–H and O–H groups in total. The van der Waals surface area contributed by atoms with Crippen LogP contribution in [-0.4, -0.2) is 21.3 Å². The second-order valence-corrected chi connectivity index (χ2v) is 3.42. The fourth-order valence-electron chi connectivity index (χ4n) is 1.55. The Bertz CT molecular complexity index is 433. The first-order valence-corrected chi connectivity index (χ1v) is 4.94. The second kappa shape index (κ2) is 4.23. The molecule has 4 nitrogen and oxygen atoms in total. The number of hydrogen-bond donors (Lipinski definition) is 1. The van der Waals surface area contributed by atoms with Crippen LogP contribution in [-0.2, 0) is 13.5 Å². The van der Waals surface area contributed by atoms with E-state index in [1.165, 1.54) is 0 Å². The first-order valence-electron chi connectivity index (χ1n) is 4.94. The molecule has 0 spiro atoms. The van der Waals surface area contributed by atoms with Gasteiger partial charge in [0.2, 0.25) is 0 Å². The summed E-state index contributed by atoms with van der Waals surface area (Å²) in [4.78, 5) is 3.98. The summed E-state index contributed by atoms with van der Waals surface area (Å²) >= 11 is 0. The van der Waals surface area contributed by atoms with Crippen molar-refractivity contribution in [3.05, 3.63) is 36.3 Å². The summed E-state index contributed by atoms with van der Waals surface area (Å²) in [5, 5.41) is 4.43. The van der Waals surface area contributed by atoms with Crippen LogP contribution in [0.5, 0.6) is 0 Å².